The van der Waals surface area contributed by atoms with Gasteiger partial charge in [0.25, 0.3) is 5.69 Å². The van der Waals surface area contributed by atoms with Crippen LogP contribution in [0.2, 0.25) is 0 Å². The fourth-order valence-corrected chi connectivity index (χ4v) is 5.68. The van der Waals surface area contributed by atoms with Crippen molar-refractivity contribution in [2.45, 2.75) is 75.0 Å². The Labute approximate surface area is 205 Å². The van der Waals surface area contributed by atoms with E-state index in [-0.39, 0.29) is 23.8 Å². The normalized spacial score (nSPS) is 31.0. The molecule has 4 rings (SSSR count). The van der Waals surface area contributed by atoms with E-state index in [1.54, 1.807) is 12.1 Å². The van der Waals surface area contributed by atoms with E-state index >= 15 is 0 Å². The molecule has 0 aliphatic carbocycles. The summed E-state index contributed by atoms with van der Waals surface area (Å²) in [7, 11) is 0. The number of β-amino-alcohol motifs (C(OH)–C–C–N with tert-alkyl or cyclic N) is 1. The van der Waals surface area contributed by atoms with Gasteiger partial charge in [-0.25, -0.2) is 0 Å². The maximum atomic E-state index is 11.7. The molecule has 5 N–H and O–H groups in total. The molecule has 35 heavy (non-hydrogen) atoms. The second-order valence-corrected chi connectivity index (χ2v) is 9.92. The van der Waals surface area contributed by atoms with E-state index in [1.807, 2.05) is 11.0 Å². The Morgan fingerprint density at radius 2 is 1.77 bits per heavy atom. The zero-order valence-corrected chi connectivity index (χ0v) is 20.0. The largest absolute Gasteiger partial charge is 0.395 e. The summed E-state index contributed by atoms with van der Waals surface area (Å²) in [6.45, 7) is 2.51. The minimum atomic E-state index is -1.24. The zero-order valence-electron chi connectivity index (χ0n) is 20.0. The maximum absolute atomic E-state index is 11.7. The Bertz CT molecular complexity index is 843. The van der Waals surface area contributed by atoms with E-state index in [0.717, 1.165) is 44.2 Å². The standard InChI is InChI=1S/C24H38N4O7/c29-13-21-23(31)24(32)22(30)12-26(21)10-4-2-1-3-9-25-19-8-7-16(11-20(19)28(33)34)27-17-5-6-18(27)15-35-14-17/h7-8,11,17-18,21-25,29-32H,1-6,9-10,12-15H2/t17?,18?,21-,22+,23-,24-/m1/s1. The Morgan fingerprint density at radius 3 is 2.46 bits per heavy atom. The van der Waals surface area contributed by atoms with Gasteiger partial charge in [0, 0.05) is 24.8 Å². The minimum Gasteiger partial charge on any atom is -0.395 e. The highest BCUT2D eigenvalue weighted by Gasteiger charge is 2.40. The molecule has 1 aromatic rings. The summed E-state index contributed by atoms with van der Waals surface area (Å²) in [6.07, 6.45) is 2.17. The molecule has 3 saturated heterocycles. The Morgan fingerprint density at radius 1 is 1.06 bits per heavy atom. The van der Waals surface area contributed by atoms with Crippen LogP contribution in [0.5, 0.6) is 0 Å². The number of morpholine rings is 1. The summed E-state index contributed by atoms with van der Waals surface area (Å²) < 4.78 is 5.63. The van der Waals surface area contributed by atoms with Gasteiger partial charge in [-0.3, -0.25) is 15.0 Å². The lowest BCUT2D eigenvalue weighted by atomic mass is 9.94. The van der Waals surface area contributed by atoms with Crippen molar-refractivity contribution in [1.29, 1.82) is 0 Å². The fraction of sp³-hybridized carbons (Fsp3) is 0.750. The van der Waals surface area contributed by atoms with Crippen molar-refractivity contribution < 1.29 is 30.1 Å². The topological polar surface area (TPSA) is 152 Å². The summed E-state index contributed by atoms with van der Waals surface area (Å²) in [6, 6.07) is 5.45. The predicted octanol–water partition coefficient (Wildman–Crippen LogP) is 0.694. The van der Waals surface area contributed by atoms with Crippen LogP contribution in [0.3, 0.4) is 0 Å². The molecule has 11 heteroatoms. The Hall–Kier alpha value is -2.02. The number of hydrogen-bond acceptors (Lipinski definition) is 10. The molecule has 3 aliphatic heterocycles. The molecule has 2 bridgehead atoms. The summed E-state index contributed by atoms with van der Waals surface area (Å²) in [5.74, 6) is 0. The number of nitrogens with one attached hydrogen (secondary N) is 1. The number of ether oxygens (including phenoxy) is 1. The highest BCUT2D eigenvalue weighted by Crippen LogP contribution is 2.37. The molecule has 3 fully saturated rings. The van der Waals surface area contributed by atoms with Gasteiger partial charge in [0.15, 0.2) is 0 Å². The number of anilines is 2. The average molecular weight is 495 g/mol. The number of likely N-dealkylation sites (tertiary alicyclic amines) is 1. The first kappa shape index (κ1) is 26.1. The third-order valence-corrected chi connectivity index (χ3v) is 7.62. The van der Waals surface area contributed by atoms with Gasteiger partial charge in [-0.05, 0) is 44.4 Å². The van der Waals surface area contributed by atoms with E-state index in [1.165, 1.54) is 0 Å². The monoisotopic (exact) mass is 494 g/mol. The minimum absolute atomic E-state index is 0.0906. The van der Waals surface area contributed by atoms with E-state index in [9.17, 15) is 30.5 Å². The van der Waals surface area contributed by atoms with Crippen molar-refractivity contribution in [3.63, 3.8) is 0 Å². The van der Waals surface area contributed by atoms with Crippen LogP contribution < -0.4 is 10.2 Å². The second-order valence-electron chi connectivity index (χ2n) is 9.92. The van der Waals surface area contributed by atoms with Crippen LogP contribution in [-0.2, 0) is 4.74 Å². The molecule has 0 amide bonds. The molecular weight excluding hydrogens is 456 g/mol. The number of rotatable bonds is 11. The highest BCUT2D eigenvalue weighted by molar-refractivity contribution is 5.69. The number of nitrogens with zero attached hydrogens (tertiary/aromatic N) is 3. The van der Waals surface area contributed by atoms with Crippen molar-refractivity contribution in [2.75, 3.05) is 49.7 Å². The summed E-state index contributed by atoms with van der Waals surface area (Å²) in [5, 5.41) is 54.2. The zero-order chi connectivity index (χ0) is 24.9. The van der Waals surface area contributed by atoms with E-state index in [4.69, 9.17) is 4.74 Å². The van der Waals surface area contributed by atoms with E-state index in [0.29, 0.717) is 44.1 Å². The predicted molar refractivity (Wildman–Crippen MR) is 131 cm³/mol. The number of aliphatic hydroxyl groups excluding tert-OH is 4. The first-order valence-corrected chi connectivity index (χ1v) is 12.7. The highest BCUT2D eigenvalue weighted by atomic mass is 16.6. The lowest BCUT2D eigenvalue weighted by Crippen LogP contribution is -2.62. The third-order valence-electron chi connectivity index (χ3n) is 7.62. The van der Waals surface area contributed by atoms with Crippen LogP contribution in [0.4, 0.5) is 17.1 Å². The van der Waals surface area contributed by atoms with Crippen LogP contribution in [0.1, 0.15) is 38.5 Å². The number of fused-ring (bicyclic) bond motifs is 2. The Balaban J connectivity index is 1.21. The number of unbranched alkanes of at least 4 members (excludes halogenated alkanes) is 3. The van der Waals surface area contributed by atoms with Crippen LogP contribution in [0.15, 0.2) is 18.2 Å². The van der Waals surface area contributed by atoms with Crippen molar-refractivity contribution >= 4 is 17.1 Å². The lowest BCUT2D eigenvalue weighted by molar-refractivity contribution is -0.383. The number of hydrogen-bond donors (Lipinski definition) is 5. The van der Waals surface area contributed by atoms with Crippen LogP contribution >= 0.6 is 0 Å². The first-order chi connectivity index (χ1) is 16.9. The van der Waals surface area contributed by atoms with Crippen molar-refractivity contribution in [3.8, 4) is 0 Å². The van der Waals surface area contributed by atoms with E-state index in [2.05, 4.69) is 10.2 Å². The second kappa shape index (κ2) is 11.8. The van der Waals surface area contributed by atoms with Crippen LogP contribution in [0.25, 0.3) is 0 Å². The van der Waals surface area contributed by atoms with Gasteiger partial charge in [0.2, 0.25) is 0 Å². The van der Waals surface area contributed by atoms with Gasteiger partial charge >= 0.3 is 0 Å². The third kappa shape index (κ3) is 5.87. The van der Waals surface area contributed by atoms with Gasteiger partial charge in [-0.15, -0.1) is 0 Å². The van der Waals surface area contributed by atoms with Crippen molar-refractivity contribution in [3.05, 3.63) is 28.3 Å². The van der Waals surface area contributed by atoms with Crippen LogP contribution in [-0.4, -0.2) is 106 Å². The molecule has 6 atom stereocenters. The lowest BCUT2D eigenvalue weighted by Gasteiger charge is -2.43. The number of piperidine rings is 1. The Kier molecular flexibility index (Phi) is 8.79. The molecule has 11 nitrogen and oxygen atoms in total. The fourth-order valence-electron chi connectivity index (χ4n) is 5.68. The number of nitro groups is 1. The maximum Gasteiger partial charge on any atom is 0.294 e. The average Bonchev–Trinajstić information content (AvgIpc) is 3.09. The van der Waals surface area contributed by atoms with Crippen molar-refractivity contribution in [1.82, 2.24) is 4.90 Å². The molecule has 3 aliphatic rings. The molecule has 3 heterocycles. The molecule has 0 radical (unpaired) electrons. The molecule has 2 unspecified atom stereocenters. The molecule has 0 spiro atoms. The number of aliphatic hydroxyl groups is 4. The van der Waals surface area contributed by atoms with Gasteiger partial charge in [-0.1, -0.05) is 12.8 Å². The van der Waals surface area contributed by atoms with Gasteiger partial charge in [-0.2, -0.15) is 0 Å². The molecular formula is C24H38N4O7. The summed E-state index contributed by atoms with van der Waals surface area (Å²) in [5.41, 5.74) is 1.51. The smallest absolute Gasteiger partial charge is 0.294 e. The quantitative estimate of drug-likeness (QED) is 0.169. The molecule has 1 aromatic carbocycles. The summed E-state index contributed by atoms with van der Waals surface area (Å²) >= 11 is 0. The number of nitro benzene ring substituents is 1. The first-order valence-electron chi connectivity index (χ1n) is 12.7. The van der Waals surface area contributed by atoms with Gasteiger partial charge in [0.05, 0.1) is 49.0 Å². The molecule has 196 valence electrons. The summed E-state index contributed by atoms with van der Waals surface area (Å²) in [4.78, 5) is 15.5. The van der Waals surface area contributed by atoms with E-state index < -0.39 is 24.4 Å². The number of benzene rings is 1. The van der Waals surface area contributed by atoms with Crippen molar-refractivity contribution in [2.24, 2.45) is 0 Å². The van der Waals surface area contributed by atoms with Gasteiger partial charge < -0.3 is 35.4 Å². The molecule has 0 saturated carbocycles. The molecule has 0 aromatic heterocycles. The van der Waals surface area contributed by atoms with Crippen LogP contribution in [0, 0.1) is 10.1 Å². The SMILES string of the molecule is O=[N+]([O-])c1cc(N2C3CCC2COC3)ccc1NCCCCCCN1C[C@H](O)[C@@H](O)[C@H](O)[C@H]1CO. The van der Waals surface area contributed by atoms with Gasteiger partial charge in [0.1, 0.15) is 17.9 Å².